The van der Waals surface area contributed by atoms with E-state index in [9.17, 15) is 14.4 Å². The van der Waals surface area contributed by atoms with Gasteiger partial charge in [0.15, 0.2) is 0 Å². The van der Waals surface area contributed by atoms with E-state index in [1.807, 2.05) is 30.3 Å². The van der Waals surface area contributed by atoms with Crippen LogP contribution in [0.15, 0.2) is 30.3 Å². The molecule has 0 bridgehead atoms. The van der Waals surface area contributed by atoms with Gasteiger partial charge in [-0.25, -0.2) is 0 Å². The number of amides is 2. The summed E-state index contributed by atoms with van der Waals surface area (Å²) in [5, 5.41) is 2.56. The van der Waals surface area contributed by atoms with E-state index in [2.05, 4.69) is 5.32 Å². The molecule has 1 aromatic carbocycles. The first-order valence-corrected chi connectivity index (χ1v) is 7.31. The molecular weight excluding hydrogens is 284 g/mol. The molecule has 0 unspecified atom stereocenters. The monoisotopic (exact) mass is 306 g/mol. The van der Waals surface area contributed by atoms with Crippen LogP contribution in [0.25, 0.3) is 0 Å². The molecule has 6 nitrogen and oxygen atoms in total. The lowest BCUT2D eigenvalue weighted by Crippen LogP contribution is -2.44. The Bertz CT molecular complexity index is 502. The first kappa shape index (κ1) is 17.7. The molecule has 0 saturated heterocycles. The molecule has 0 aliphatic heterocycles. The normalized spacial score (nSPS) is 11.5. The van der Waals surface area contributed by atoms with Gasteiger partial charge in [-0.3, -0.25) is 14.4 Å². The Morgan fingerprint density at radius 3 is 2.45 bits per heavy atom. The van der Waals surface area contributed by atoms with Crippen LogP contribution in [0.3, 0.4) is 0 Å². The third kappa shape index (κ3) is 6.88. The van der Waals surface area contributed by atoms with Crippen molar-refractivity contribution in [3.63, 3.8) is 0 Å². The van der Waals surface area contributed by atoms with Gasteiger partial charge in [0.2, 0.25) is 11.8 Å². The van der Waals surface area contributed by atoms with Crippen LogP contribution in [0.4, 0.5) is 0 Å². The van der Waals surface area contributed by atoms with E-state index in [4.69, 9.17) is 10.5 Å². The number of ether oxygens (including phenoxy) is 1. The van der Waals surface area contributed by atoms with Crippen LogP contribution in [0.1, 0.15) is 31.7 Å². The Morgan fingerprint density at radius 2 is 1.86 bits per heavy atom. The minimum Gasteiger partial charge on any atom is -0.466 e. The van der Waals surface area contributed by atoms with Crippen molar-refractivity contribution in [2.45, 2.75) is 38.6 Å². The highest BCUT2D eigenvalue weighted by atomic mass is 16.5. The number of aryl methyl sites for hydroxylation is 1. The summed E-state index contributed by atoms with van der Waals surface area (Å²) in [7, 11) is 0. The van der Waals surface area contributed by atoms with Crippen molar-refractivity contribution in [3.8, 4) is 0 Å². The Hall–Kier alpha value is -2.37. The van der Waals surface area contributed by atoms with Gasteiger partial charge in [0.1, 0.15) is 6.04 Å². The summed E-state index contributed by atoms with van der Waals surface area (Å²) in [4.78, 5) is 34.3. The van der Waals surface area contributed by atoms with E-state index < -0.39 is 17.9 Å². The fraction of sp³-hybridized carbons (Fsp3) is 0.438. The first-order chi connectivity index (χ1) is 10.5. The second-order valence-electron chi connectivity index (χ2n) is 4.85. The van der Waals surface area contributed by atoms with Gasteiger partial charge >= 0.3 is 5.97 Å². The van der Waals surface area contributed by atoms with Crippen molar-refractivity contribution in [3.05, 3.63) is 35.9 Å². The number of nitrogens with two attached hydrogens (primary N) is 1. The maximum atomic E-state index is 11.8. The van der Waals surface area contributed by atoms with Gasteiger partial charge in [0.05, 0.1) is 13.0 Å². The fourth-order valence-electron chi connectivity index (χ4n) is 1.96. The Kier molecular flexibility index (Phi) is 7.67. The molecule has 0 aliphatic rings. The van der Waals surface area contributed by atoms with Gasteiger partial charge in [-0.1, -0.05) is 30.3 Å². The van der Waals surface area contributed by atoms with Crippen LogP contribution in [-0.2, 0) is 25.5 Å². The second kappa shape index (κ2) is 9.55. The highest BCUT2D eigenvalue weighted by Crippen LogP contribution is 2.05. The number of hydrogen-bond donors (Lipinski definition) is 2. The van der Waals surface area contributed by atoms with Crippen molar-refractivity contribution >= 4 is 17.8 Å². The molecule has 6 heteroatoms. The number of benzene rings is 1. The van der Waals surface area contributed by atoms with Crippen LogP contribution in [0.5, 0.6) is 0 Å². The summed E-state index contributed by atoms with van der Waals surface area (Å²) in [5.41, 5.74) is 6.37. The number of rotatable bonds is 9. The van der Waals surface area contributed by atoms with Crippen LogP contribution in [-0.4, -0.2) is 30.4 Å². The molecule has 2 amide bonds. The molecule has 22 heavy (non-hydrogen) atoms. The summed E-state index contributed by atoms with van der Waals surface area (Å²) < 4.78 is 4.74. The molecule has 0 radical (unpaired) electrons. The standard InChI is InChI=1S/C16H22N2O4/c1-2-22-15(20)11-10-14(19)18-13(16(17)21)9-8-12-6-4-3-5-7-12/h3-7,13H,2,8-11H2,1H3,(H2,17,21)(H,18,19)/t13-/m1/s1. The van der Waals surface area contributed by atoms with Crippen LogP contribution < -0.4 is 11.1 Å². The summed E-state index contributed by atoms with van der Waals surface area (Å²) in [6, 6.07) is 8.88. The molecular formula is C16H22N2O4. The predicted molar refractivity (Wildman–Crippen MR) is 81.8 cm³/mol. The van der Waals surface area contributed by atoms with Gasteiger partial charge in [-0.05, 0) is 25.3 Å². The maximum absolute atomic E-state index is 11.8. The first-order valence-electron chi connectivity index (χ1n) is 7.31. The molecule has 3 N–H and O–H groups in total. The van der Waals surface area contributed by atoms with E-state index >= 15 is 0 Å². The molecule has 0 aliphatic carbocycles. The predicted octanol–water partition coefficient (Wildman–Crippen LogP) is 0.933. The number of hydrogen-bond acceptors (Lipinski definition) is 4. The smallest absolute Gasteiger partial charge is 0.306 e. The average molecular weight is 306 g/mol. The molecule has 0 spiro atoms. The van der Waals surface area contributed by atoms with E-state index in [-0.39, 0.29) is 25.4 Å². The van der Waals surface area contributed by atoms with Crippen molar-refractivity contribution in [2.24, 2.45) is 5.73 Å². The number of carbonyl (C=O) groups is 3. The Morgan fingerprint density at radius 1 is 1.18 bits per heavy atom. The van der Waals surface area contributed by atoms with E-state index in [1.54, 1.807) is 6.92 Å². The lowest BCUT2D eigenvalue weighted by molar-refractivity contribution is -0.144. The molecule has 0 saturated carbocycles. The minimum absolute atomic E-state index is 0.0101. The lowest BCUT2D eigenvalue weighted by atomic mass is 10.0. The van der Waals surface area contributed by atoms with Crippen LogP contribution >= 0.6 is 0 Å². The zero-order valence-electron chi connectivity index (χ0n) is 12.7. The zero-order valence-corrected chi connectivity index (χ0v) is 12.7. The van der Waals surface area contributed by atoms with Gasteiger partial charge < -0.3 is 15.8 Å². The Labute approximate surface area is 130 Å². The number of primary amides is 1. The topological polar surface area (TPSA) is 98.5 Å². The van der Waals surface area contributed by atoms with Crippen molar-refractivity contribution < 1.29 is 19.1 Å². The van der Waals surface area contributed by atoms with Gasteiger partial charge in [0, 0.05) is 6.42 Å². The van der Waals surface area contributed by atoms with Gasteiger partial charge in [-0.2, -0.15) is 0 Å². The van der Waals surface area contributed by atoms with E-state index in [0.29, 0.717) is 12.8 Å². The van der Waals surface area contributed by atoms with Crippen LogP contribution in [0.2, 0.25) is 0 Å². The third-order valence-corrected chi connectivity index (χ3v) is 3.10. The third-order valence-electron chi connectivity index (χ3n) is 3.10. The fourth-order valence-corrected chi connectivity index (χ4v) is 1.96. The molecule has 0 aromatic heterocycles. The maximum Gasteiger partial charge on any atom is 0.306 e. The molecule has 1 aromatic rings. The highest BCUT2D eigenvalue weighted by molar-refractivity contribution is 5.87. The second-order valence-corrected chi connectivity index (χ2v) is 4.85. The highest BCUT2D eigenvalue weighted by Gasteiger charge is 2.18. The average Bonchev–Trinajstić information content (AvgIpc) is 2.50. The van der Waals surface area contributed by atoms with Gasteiger partial charge in [0.25, 0.3) is 0 Å². The minimum atomic E-state index is -0.741. The van der Waals surface area contributed by atoms with Gasteiger partial charge in [-0.15, -0.1) is 0 Å². The summed E-state index contributed by atoms with van der Waals surface area (Å²) >= 11 is 0. The summed E-state index contributed by atoms with van der Waals surface area (Å²) in [6.45, 7) is 1.98. The zero-order chi connectivity index (χ0) is 16.4. The number of esters is 1. The Balaban J connectivity index is 2.41. The van der Waals surface area contributed by atoms with Crippen molar-refractivity contribution in [2.75, 3.05) is 6.61 Å². The molecule has 1 atom stereocenters. The quantitative estimate of drug-likeness (QED) is 0.663. The summed E-state index contributed by atoms with van der Waals surface area (Å²) in [5.74, 6) is -1.40. The number of nitrogens with one attached hydrogen (secondary N) is 1. The SMILES string of the molecule is CCOC(=O)CCC(=O)N[C@H](CCc1ccccc1)C(N)=O. The van der Waals surface area contributed by atoms with E-state index in [1.165, 1.54) is 0 Å². The summed E-state index contributed by atoms with van der Waals surface area (Å²) in [6.07, 6.45) is 1.02. The molecule has 0 fully saturated rings. The number of carbonyl (C=O) groups excluding carboxylic acids is 3. The van der Waals surface area contributed by atoms with Crippen molar-refractivity contribution in [1.29, 1.82) is 0 Å². The molecule has 120 valence electrons. The van der Waals surface area contributed by atoms with Crippen LogP contribution in [0, 0.1) is 0 Å². The van der Waals surface area contributed by atoms with Crippen molar-refractivity contribution in [1.82, 2.24) is 5.32 Å². The molecule has 0 heterocycles. The molecule has 1 rings (SSSR count). The van der Waals surface area contributed by atoms with E-state index in [0.717, 1.165) is 5.56 Å². The lowest BCUT2D eigenvalue weighted by Gasteiger charge is -2.15. The largest absolute Gasteiger partial charge is 0.466 e.